The molecule has 0 aliphatic rings. The Labute approximate surface area is 99.6 Å². The van der Waals surface area contributed by atoms with Gasteiger partial charge in [-0.1, -0.05) is 0 Å². The summed E-state index contributed by atoms with van der Waals surface area (Å²) >= 11 is 0. The van der Waals surface area contributed by atoms with Crippen molar-refractivity contribution in [2.75, 3.05) is 0 Å². The first-order valence-corrected chi connectivity index (χ1v) is 5.51. The summed E-state index contributed by atoms with van der Waals surface area (Å²) in [6.07, 6.45) is 3.46. The van der Waals surface area contributed by atoms with Gasteiger partial charge < -0.3 is 11.1 Å². The largest absolute Gasteiger partial charge is 0.370 e. The maximum atomic E-state index is 5.74. The number of aromatic nitrogens is 3. The summed E-state index contributed by atoms with van der Waals surface area (Å²) in [4.78, 5) is 8.44. The van der Waals surface area contributed by atoms with E-state index in [9.17, 15) is 0 Å². The fourth-order valence-electron chi connectivity index (χ4n) is 1.51. The Hall–Kier alpha value is -2.11. The van der Waals surface area contributed by atoms with Gasteiger partial charge in [-0.15, -0.1) is 0 Å². The van der Waals surface area contributed by atoms with Crippen molar-refractivity contribution in [2.24, 2.45) is 10.7 Å². The van der Waals surface area contributed by atoms with Gasteiger partial charge in [-0.25, -0.2) is 14.5 Å². The molecule has 0 aliphatic heterocycles. The Bertz CT molecular complexity index is 527. The molecule has 17 heavy (non-hydrogen) atoms. The molecule has 2 aromatic heterocycles. The van der Waals surface area contributed by atoms with Crippen LogP contribution in [0.1, 0.15) is 19.5 Å². The molecule has 0 unspecified atom stereocenters. The van der Waals surface area contributed by atoms with Gasteiger partial charge in [-0.2, -0.15) is 5.10 Å². The maximum absolute atomic E-state index is 5.74. The zero-order valence-electron chi connectivity index (χ0n) is 9.96. The van der Waals surface area contributed by atoms with E-state index in [1.165, 1.54) is 0 Å². The van der Waals surface area contributed by atoms with Crippen LogP contribution in [-0.2, 0) is 6.54 Å². The molecule has 2 rings (SSSR count). The highest BCUT2D eigenvalue weighted by atomic mass is 15.3. The third kappa shape index (κ3) is 2.72. The van der Waals surface area contributed by atoms with E-state index < -0.39 is 0 Å². The van der Waals surface area contributed by atoms with Crippen molar-refractivity contribution in [1.82, 2.24) is 19.9 Å². The monoisotopic (exact) mass is 232 g/mol. The lowest BCUT2D eigenvalue weighted by atomic mass is 10.4. The summed E-state index contributed by atoms with van der Waals surface area (Å²) in [5.41, 5.74) is 7.50. The third-order valence-corrected chi connectivity index (χ3v) is 2.22. The zero-order chi connectivity index (χ0) is 12.3. The van der Waals surface area contributed by atoms with Crippen molar-refractivity contribution in [3.63, 3.8) is 0 Å². The van der Waals surface area contributed by atoms with E-state index >= 15 is 0 Å². The molecular formula is C11H16N6. The number of nitrogens with two attached hydrogens (primary N) is 1. The number of rotatable bonds is 3. The van der Waals surface area contributed by atoms with Gasteiger partial charge in [0.25, 0.3) is 0 Å². The van der Waals surface area contributed by atoms with E-state index in [-0.39, 0.29) is 6.04 Å². The molecule has 90 valence electrons. The fraction of sp³-hybridized carbons (Fsp3) is 0.364. The predicted octanol–water partition coefficient (Wildman–Crippen LogP) is 0.542. The summed E-state index contributed by atoms with van der Waals surface area (Å²) in [5, 5.41) is 7.22. The van der Waals surface area contributed by atoms with Gasteiger partial charge in [0.2, 0.25) is 0 Å². The van der Waals surface area contributed by atoms with E-state index in [1.807, 2.05) is 26.0 Å². The lowest BCUT2D eigenvalue weighted by Crippen LogP contribution is -2.36. The van der Waals surface area contributed by atoms with E-state index in [0.717, 1.165) is 11.3 Å². The molecule has 2 heterocycles. The molecule has 6 heteroatoms. The number of fused-ring (bicyclic) bond motifs is 1. The molecule has 0 aliphatic carbocycles. The molecule has 0 spiro atoms. The smallest absolute Gasteiger partial charge is 0.189 e. The van der Waals surface area contributed by atoms with Crippen LogP contribution in [0.25, 0.3) is 5.65 Å². The standard InChI is InChI=1S/C11H16N6/c1-8(2)16-11(12)14-7-9-3-5-13-10-4-6-15-17(9)10/h3-6,8H,7H2,1-2H3,(H3,12,14,16). The van der Waals surface area contributed by atoms with Crippen LogP contribution in [0.15, 0.2) is 29.5 Å². The second-order valence-corrected chi connectivity index (χ2v) is 4.04. The quantitative estimate of drug-likeness (QED) is 0.598. The van der Waals surface area contributed by atoms with Crippen LogP contribution in [0.5, 0.6) is 0 Å². The van der Waals surface area contributed by atoms with Crippen molar-refractivity contribution in [1.29, 1.82) is 0 Å². The van der Waals surface area contributed by atoms with Crippen LogP contribution in [0.4, 0.5) is 0 Å². The molecular weight excluding hydrogens is 216 g/mol. The van der Waals surface area contributed by atoms with Crippen molar-refractivity contribution in [2.45, 2.75) is 26.4 Å². The number of nitrogens with one attached hydrogen (secondary N) is 1. The van der Waals surface area contributed by atoms with E-state index in [2.05, 4.69) is 20.4 Å². The van der Waals surface area contributed by atoms with Crippen LogP contribution in [-0.4, -0.2) is 26.6 Å². The van der Waals surface area contributed by atoms with Crippen molar-refractivity contribution < 1.29 is 0 Å². The molecule has 0 radical (unpaired) electrons. The maximum Gasteiger partial charge on any atom is 0.189 e. The second-order valence-electron chi connectivity index (χ2n) is 4.04. The Morgan fingerprint density at radius 2 is 2.29 bits per heavy atom. The number of hydrogen-bond acceptors (Lipinski definition) is 3. The van der Waals surface area contributed by atoms with Crippen LogP contribution < -0.4 is 11.1 Å². The van der Waals surface area contributed by atoms with Gasteiger partial charge >= 0.3 is 0 Å². The summed E-state index contributed by atoms with van der Waals surface area (Å²) in [5.74, 6) is 0.442. The Kier molecular flexibility index (Phi) is 3.22. The minimum Gasteiger partial charge on any atom is -0.370 e. The molecule has 0 atom stereocenters. The molecule has 2 aromatic rings. The fourth-order valence-corrected chi connectivity index (χ4v) is 1.51. The number of aliphatic imine (C=N–C) groups is 1. The first kappa shape index (κ1) is 11.4. The zero-order valence-corrected chi connectivity index (χ0v) is 9.96. The highest BCUT2D eigenvalue weighted by Gasteiger charge is 2.01. The topological polar surface area (TPSA) is 80.6 Å². The number of guanidine groups is 1. The lowest BCUT2D eigenvalue weighted by molar-refractivity contribution is 0.721. The highest BCUT2D eigenvalue weighted by molar-refractivity contribution is 5.78. The van der Waals surface area contributed by atoms with Crippen LogP contribution in [0.3, 0.4) is 0 Å². The summed E-state index contributed by atoms with van der Waals surface area (Å²) in [7, 11) is 0. The van der Waals surface area contributed by atoms with Crippen molar-refractivity contribution >= 4 is 11.6 Å². The second kappa shape index (κ2) is 4.82. The molecule has 0 aromatic carbocycles. The molecule has 0 saturated heterocycles. The lowest BCUT2D eigenvalue weighted by Gasteiger charge is -2.08. The Balaban J connectivity index is 2.16. The molecule has 0 amide bonds. The van der Waals surface area contributed by atoms with Gasteiger partial charge in [-0.3, -0.25) is 0 Å². The Morgan fingerprint density at radius 1 is 1.47 bits per heavy atom. The van der Waals surface area contributed by atoms with Gasteiger partial charge in [0.05, 0.1) is 18.4 Å². The van der Waals surface area contributed by atoms with Crippen molar-refractivity contribution in [3.05, 3.63) is 30.2 Å². The molecule has 6 nitrogen and oxygen atoms in total. The van der Waals surface area contributed by atoms with Gasteiger partial charge in [0.1, 0.15) is 0 Å². The van der Waals surface area contributed by atoms with E-state index in [1.54, 1.807) is 16.9 Å². The molecule has 0 fully saturated rings. The minimum absolute atomic E-state index is 0.279. The molecule has 0 bridgehead atoms. The SMILES string of the molecule is CC(C)NC(N)=NCc1ccnc2ccnn12. The minimum atomic E-state index is 0.279. The molecule has 0 saturated carbocycles. The van der Waals surface area contributed by atoms with Gasteiger partial charge in [0, 0.05) is 18.3 Å². The van der Waals surface area contributed by atoms with Crippen LogP contribution in [0, 0.1) is 0 Å². The molecule has 3 N–H and O–H groups in total. The van der Waals surface area contributed by atoms with E-state index in [4.69, 9.17) is 5.73 Å². The average molecular weight is 232 g/mol. The summed E-state index contributed by atoms with van der Waals surface area (Å²) < 4.78 is 1.76. The third-order valence-electron chi connectivity index (χ3n) is 2.22. The highest BCUT2D eigenvalue weighted by Crippen LogP contribution is 2.04. The van der Waals surface area contributed by atoms with Crippen LogP contribution in [0.2, 0.25) is 0 Å². The average Bonchev–Trinajstić information content (AvgIpc) is 2.73. The number of nitrogens with zero attached hydrogens (tertiary/aromatic N) is 4. The summed E-state index contributed by atoms with van der Waals surface area (Å²) in [6.45, 7) is 4.51. The van der Waals surface area contributed by atoms with Gasteiger partial charge in [0.15, 0.2) is 11.6 Å². The first-order valence-electron chi connectivity index (χ1n) is 5.51. The summed E-state index contributed by atoms with van der Waals surface area (Å²) in [6, 6.07) is 4.01. The van der Waals surface area contributed by atoms with Crippen LogP contribution >= 0.6 is 0 Å². The predicted molar refractivity (Wildman–Crippen MR) is 66.6 cm³/mol. The van der Waals surface area contributed by atoms with E-state index in [0.29, 0.717) is 12.5 Å². The number of hydrogen-bond donors (Lipinski definition) is 2. The van der Waals surface area contributed by atoms with Crippen molar-refractivity contribution in [3.8, 4) is 0 Å². The normalized spacial score (nSPS) is 12.3. The Morgan fingerprint density at radius 3 is 3.06 bits per heavy atom. The van der Waals surface area contributed by atoms with Gasteiger partial charge in [-0.05, 0) is 19.9 Å². The first-order chi connectivity index (χ1) is 8.16.